The molecule has 5 nitrogen and oxygen atoms in total. The molecule has 1 aliphatic carbocycles. The summed E-state index contributed by atoms with van der Waals surface area (Å²) in [5.41, 5.74) is 1.57. The molecule has 1 atom stereocenters. The SMILES string of the molecule is CN1CCCN(C(=O)[C@H]2CC23CCN(Cc2cccc(Oc4ccccc4)c2)CC3)CC1. The van der Waals surface area contributed by atoms with Crippen LogP contribution < -0.4 is 4.74 Å². The number of carbonyl (C=O) groups is 1. The fourth-order valence-corrected chi connectivity index (χ4v) is 5.48. The quantitative estimate of drug-likeness (QED) is 0.707. The molecule has 0 bridgehead atoms. The van der Waals surface area contributed by atoms with Gasteiger partial charge in [-0.25, -0.2) is 0 Å². The van der Waals surface area contributed by atoms with E-state index in [0.717, 1.165) is 83.0 Å². The normalized spacial score (nSPS) is 23.7. The third kappa shape index (κ3) is 4.84. The van der Waals surface area contributed by atoms with Gasteiger partial charge in [0.15, 0.2) is 0 Å². The highest BCUT2D eigenvalue weighted by Gasteiger charge is 2.59. The fraction of sp³-hybridized carbons (Fsp3) is 0.519. The summed E-state index contributed by atoms with van der Waals surface area (Å²) in [6.07, 6.45) is 4.50. The maximum atomic E-state index is 13.1. The molecule has 5 heteroatoms. The van der Waals surface area contributed by atoms with E-state index in [1.807, 2.05) is 36.4 Å². The Morgan fingerprint density at radius 3 is 2.53 bits per heavy atom. The van der Waals surface area contributed by atoms with Crippen molar-refractivity contribution >= 4 is 5.91 Å². The molecule has 1 amide bonds. The molecule has 170 valence electrons. The lowest BCUT2D eigenvalue weighted by Gasteiger charge is -2.33. The van der Waals surface area contributed by atoms with Crippen LogP contribution in [0.2, 0.25) is 0 Å². The first-order chi connectivity index (χ1) is 15.6. The highest BCUT2D eigenvalue weighted by Crippen LogP contribution is 2.60. The minimum absolute atomic E-state index is 0.274. The number of hydrogen-bond acceptors (Lipinski definition) is 4. The van der Waals surface area contributed by atoms with Crippen LogP contribution in [0.4, 0.5) is 0 Å². The zero-order valence-corrected chi connectivity index (χ0v) is 19.2. The van der Waals surface area contributed by atoms with E-state index in [9.17, 15) is 4.79 Å². The van der Waals surface area contributed by atoms with Gasteiger partial charge in [0.1, 0.15) is 11.5 Å². The summed E-state index contributed by atoms with van der Waals surface area (Å²) in [5.74, 6) is 2.46. The lowest BCUT2D eigenvalue weighted by Crippen LogP contribution is -2.39. The first kappa shape index (κ1) is 21.5. The van der Waals surface area contributed by atoms with Gasteiger partial charge in [-0.15, -0.1) is 0 Å². The summed E-state index contributed by atoms with van der Waals surface area (Å²) < 4.78 is 6.00. The predicted molar refractivity (Wildman–Crippen MR) is 127 cm³/mol. The number of benzene rings is 2. The summed E-state index contributed by atoms with van der Waals surface area (Å²) in [6.45, 7) is 7.04. The molecule has 3 aliphatic rings. The molecule has 2 aromatic carbocycles. The first-order valence-electron chi connectivity index (χ1n) is 12.1. The molecule has 1 spiro atoms. The van der Waals surface area contributed by atoms with E-state index in [4.69, 9.17) is 4.74 Å². The predicted octanol–water partition coefficient (Wildman–Crippen LogP) is 4.25. The van der Waals surface area contributed by atoms with Crippen molar-refractivity contribution in [3.05, 3.63) is 60.2 Å². The molecule has 32 heavy (non-hydrogen) atoms. The zero-order valence-electron chi connectivity index (χ0n) is 19.2. The molecule has 0 radical (unpaired) electrons. The van der Waals surface area contributed by atoms with Crippen molar-refractivity contribution in [3.8, 4) is 11.5 Å². The van der Waals surface area contributed by atoms with E-state index < -0.39 is 0 Å². The lowest BCUT2D eigenvalue weighted by molar-refractivity contribution is -0.133. The number of amides is 1. The number of para-hydroxylation sites is 1. The average molecular weight is 434 g/mol. The second-order valence-electron chi connectivity index (χ2n) is 9.94. The Morgan fingerprint density at radius 1 is 0.938 bits per heavy atom. The number of likely N-dealkylation sites (tertiary alicyclic amines) is 1. The van der Waals surface area contributed by atoms with Crippen molar-refractivity contribution in [3.63, 3.8) is 0 Å². The van der Waals surface area contributed by atoms with Crippen molar-refractivity contribution in [2.24, 2.45) is 11.3 Å². The van der Waals surface area contributed by atoms with Gasteiger partial charge in [0.25, 0.3) is 0 Å². The van der Waals surface area contributed by atoms with Gasteiger partial charge < -0.3 is 14.5 Å². The van der Waals surface area contributed by atoms with Crippen LogP contribution in [0.1, 0.15) is 31.2 Å². The number of carbonyl (C=O) groups excluding carboxylic acids is 1. The molecule has 0 unspecified atom stereocenters. The Balaban J connectivity index is 1.13. The van der Waals surface area contributed by atoms with Gasteiger partial charge in [-0.2, -0.15) is 0 Å². The molecule has 0 N–H and O–H groups in total. The average Bonchev–Trinajstić information content (AvgIpc) is 3.55. The van der Waals surface area contributed by atoms with Crippen LogP contribution in [0.5, 0.6) is 11.5 Å². The molecule has 3 fully saturated rings. The number of likely N-dealkylation sites (N-methyl/N-ethyl adjacent to an activating group) is 1. The van der Waals surface area contributed by atoms with E-state index in [0.29, 0.717) is 5.91 Å². The van der Waals surface area contributed by atoms with Crippen molar-refractivity contribution in [1.82, 2.24) is 14.7 Å². The van der Waals surface area contributed by atoms with Crippen molar-refractivity contribution < 1.29 is 9.53 Å². The molecule has 2 saturated heterocycles. The van der Waals surface area contributed by atoms with Crippen LogP contribution in [0.15, 0.2) is 54.6 Å². The van der Waals surface area contributed by atoms with Crippen molar-refractivity contribution in [2.45, 2.75) is 32.2 Å². The third-order valence-corrected chi connectivity index (χ3v) is 7.65. The zero-order chi connectivity index (χ0) is 22.0. The largest absolute Gasteiger partial charge is 0.457 e. The Bertz CT molecular complexity index is 924. The van der Waals surface area contributed by atoms with Gasteiger partial charge >= 0.3 is 0 Å². The Labute approximate surface area is 191 Å². The maximum absolute atomic E-state index is 13.1. The molecule has 2 aromatic rings. The second kappa shape index (κ2) is 9.24. The van der Waals surface area contributed by atoms with E-state index in [-0.39, 0.29) is 11.3 Å². The summed E-state index contributed by atoms with van der Waals surface area (Å²) >= 11 is 0. The van der Waals surface area contributed by atoms with Crippen LogP contribution in [0.25, 0.3) is 0 Å². The summed E-state index contributed by atoms with van der Waals surface area (Å²) in [4.78, 5) is 20.2. The van der Waals surface area contributed by atoms with Gasteiger partial charge in [-0.05, 0) is 87.6 Å². The van der Waals surface area contributed by atoms with Crippen LogP contribution in [0.3, 0.4) is 0 Å². The standard InChI is InChI=1S/C27H35N3O2/c1-28-13-6-14-30(18-17-28)26(31)25-20-27(25)11-15-29(16-12-27)21-22-7-5-10-24(19-22)32-23-8-3-2-4-9-23/h2-5,7-10,19,25H,6,11-18,20-21H2,1H3/t25-/m1/s1. The molecule has 2 heterocycles. The summed E-state index contributed by atoms with van der Waals surface area (Å²) in [7, 11) is 2.16. The van der Waals surface area contributed by atoms with Crippen molar-refractivity contribution in [2.75, 3.05) is 46.3 Å². The van der Waals surface area contributed by atoms with Gasteiger partial charge in [-0.3, -0.25) is 9.69 Å². The van der Waals surface area contributed by atoms with Gasteiger partial charge in [0.05, 0.1) is 0 Å². The van der Waals surface area contributed by atoms with Gasteiger partial charge in [0, 0.05) is 32.1 Å². The minimum atomic E-state index is 0.274. The van der Waals surface area contributed by atoms with E-state index in [2.05, 4.69) is 39.9 Å². The number of rotatable bonds is 5. The summed E-state index contributed by atoms with van der Waals surface area (Å²) in [6, 6.07) is 18.4. The van der Waals surface area contributed by atoms with Crippen LogP contribution in [-0.2, 0) is 11.3 Å². The van der Waals surface area contributed by atoms with Gasteiger partial charge in [-0.1, -0.05) is 30.3 Å². The highest BCUT2D eigenvalue weighted by atomic mass is 16.5. The molecular formula is C27H35N3O2. The fourth-order valence-electron chi connectivity index (χ4n) is 5.48. The number of nitrogens with zero attached hydrogens (tertiary/aromatic N) is 3. The van der Waals surface area contributed by atoms with E-state index in [1.54, 1.807) is 0 Å². The minimum Gasteiger partial charge on any atom is -0.457 e. The molecule has 5 rings (SSSR count). The van der Waals surface area contributed by atoms with E-state index >= 15 is 0 Å². The van der Waals surface area contributed by atoms with Crippen LogP contribution in [0, 0.1) is 11.3 Å². The Kier molecular flexibility index (Phi) is 6.20. The molecular weight excluding hydrogens is 398 g/mol. The second-order valence-corrected chi connectivity index (χ2v) is 9.94. The number of piperidine rings is 1. The van der Waals surface area contributed by atoms with Gasteiger partial charge in [0.2, 0.25) is 5.91 Å². The van der Waals surface area contributed by atoms with E-state index in [1.165, 1.54) is 5.56 Å². The molecule has 0 aromatic heterocycles. The highest BCUT2D eigenvalue weighted by molar-refractivity contribution is 5.82. The lowest BCUT2D eigenvalue weighted by atomic mass is 9.90. The number of ether oxygens (including phenoxy) is 1. The Hall–Kier alpha value is -2.37. The molecule has 2 aliphatic heterocycles. The monoisotopic (exact) mass is 433 g/mol. The first-order valence-corrected chi connectivity index (χ1v) is 12.1. The molecule has 1 saturated carbocycles. The van der Waals surface area contributed by atoms with Crippen LogP contribution in [-0.4, -0.2) is 66.9 Å². The summed E-state index contributed by atoms with van der Waals surface area (Å²) in [5, 5.41) is 0. The van der Waals surface area contributed by atoms with Crippen molar-refractivity contribution in [1.29, 1.82) is 0 Å². The third-order valence-electron chi connectivity index (χ3n) is 7.65. The van der Waals surface area contributed by atoms with Crippen LogP contribution >= 0.6 is 0 Å². The smallest absolute Gasteiger partial charge is 0.226 e. The maximum Gasteiger partial charge on any atom is 0.226 e. The topological polar surface area (TPSA) is 36.0 Å². The number of hydrogen-bond donors (Lipinski definition) is 0. The Morgan fingerprint density at radius 2 is 1.72 bits per heavy atom.